The van der Waals surface area contributed by atoms with Crippen LogP contribution in [0.3, 0.4) is 0 Å². The summed E-state index contributed by atoms with van der Waals surface area (Å²) in [7, 11) is 0. The minimum atomic E-state index is -0.212. The Hall–Kier alpha value is -4.69. The summed E-state index contributed by atoms with van der Waals surface area (Å²) in [6.45, 7) is 0.874. The highest BCUT2D eigenvalue weighted by molar-refractivity contribution is 6.09. The molecule has 4 aromatic rings. The van der Waals surface area contributed by atoms with E-state index in [4.69, 9.17) is 0 Å². The highest BCUT2D eigenvalue weighted by Gasteiger charge is 2.20. The van der Waals surface area contributed by atoms with Crippen LogP contribution in [0.4, 0.5) is 0 Å². The lowest BCUT2D eigenvalue weighted by atomic mass is 9.87. The van der Waals surface area contributed by atoms with Gasteiger partial charge in [-0.05, 0) is 28.5 Å². The molecule has 1 aliphatic carbocycles. The van der Waals surface area contributed by atoms with Crippen LogP contribution < -0.4 is 10.6 Å². The van der Waals surface area contributed by atoms with E-state index in [1.165, 1.54) is 5.39 Å². The Kier molecular flexibility index (Phi) is 6.11. The van der Waals surface area contributed by atoms with Gasteiger partial charge in [0.05, 0.1) is 17.3 Å². The average Bonchev–Trinajstić information content (AvgIpc) is 2.92. The maximum absolute atomic E-state index is 12.6. The third kappa shape index (κ3) is 4.42. The third-order valence-electron chi connectivity index (χ3n) is 6.22. The van der Waals surface area contributed by atoms with E-state index in [1.54, 1.807) is 36.4 Å². The molecule has 0 spiro atoms. The molecule has 2 N–H and O–H groups in total. The van der Waals surface area contributed by atoms with E-state index in [-0.39, 0.29) is 11.7 Å². The number of benzene rings is 4. The van der Waals surface area contributed by atoms with Gasteiger partial charge in [-0.2, -0.15) is 5.26 Å². The minimum absolute atomic E-state index is 0.0765. The average molecular weight is 458 g/mol. The first kappa shape index (κ1) is 22.1. The highest BCUT2D eigenvalue weighted by atomic mass is 16.1. The molecule has 0 atom stereocenters. The molecule has 0 aromatic heterocycles. The first-order chi connectivity index (χ1) is 17.2. The summed E-state index contributed by atoms with van der Waals surface area (Å²) in [6, 6.07) is 30.3. The van der Waals surface area contributed by atoms with E-state index in [1.807, 2.05) is 36.4 Å². The second kappa shape index (κ2) is 9.66. The first-order valence-corrected chi connectivity index (χ1v) is 11.5. The van der Waals surface area contributed by atoms with E-state index in [9.17, 15) is 14.9 Å². The standard InChI is InChI=1S/C30H23N3O2/c31-19-25-18-24-10-4-8-20-9-5-11-26(27(20)24)28(25)32-16-17-33-30(35)23-14-12-22(13-15-23)29(34)21-6-2-1-3-7-21/h1-15,32H,16-18H2,(H,33,35). The van der Waals surface area contributed by atoms with E-state index < -0.39 is 0 Å². The topological polar surface area (TPSA) is 82.0 Å². The zero-order chi connectivity index (χ0) is 24.2. The summed E-state index contributed by atoms with van der Waals surface area (Å²) in [5.41, 5.74) is 5.34. The minimum Gasteiger partial charge on any atom is -0.382 e. The Morgan fingerprint density at radius 1 is 0.771 bits per heavy atom. The van der Waals surface area contributed by atoms with Crippen LogP contribution in [-0.4, -0.2) is 24.8 Å². The summed E-state index contributed by atoms with van der Waals surface area (Å²) < 4.78 is 0. The highest BCUT2D eigenvalue weighted by Crippen LogP contribution is 2.34. The molecule has 1 amide bonds. The summed E-state index contributed by atoms with van der Waals surface area (Å²) >= 11 is 0. The lowest BCUT2D eigenvalue weighted by molar-refractivity contribution is 0.0952. The van der Waals surface area contributed by atoms with Crippen LogP contribution in [-0.2, 0) is 6.42 Å². The number of hydrogen-bond donors (Lipinski definition) is 2. The molecule has 0 saturated carbocycles. The molecule has 5 nitrogen and oxygen atoms in total. The van der Waals surface area contributed by atoms with Crippen LogP contribution in [0.15, 0.2) is 96.6 Å². The van der Waals surface area contributed by atoms with Crippen molar-refractivity contribution >= 4 is 28.2 Å². The molecule has 1 aliphatic rings. The monoisotopic (exact) mass is 457 g/mol. The van der Waals surface area contributed by atoms with E-state index in [0.717, 1.165) is 22.2 Å². The SMILES string of the molecule is N#CC1=C(NCCNC(=O)c2ccc(C(=O)c3ccccc3)cc2)c2cccc3cccc(c23)C1. The largest absolute Gasteiger partial charge is 0.382 e. The van der Waals surface area contributed by atoms with Crippen molar-refractivity contribution in [1.29, 1.82) is 5.26 Å². The van der Waals surface area contributed by atoms with Gasteiger partial charge in [0.15, 0.2) is 5.78 Å². The van der Waals surface area contributed by atoms with Gasteiger partial charge in [-0.15, -0.1) is 0 Å². The summed E-state index contributed by atoms with van der Waals surface area (Å²) in [4.78, 5) is 25.1. The predicted octanol–water partition coefficient (Wildman–Crippen LogP) is 4.88. The molecule has 5 heteroatoms. The number of amides is 1. The quantitative estimate of drug-likeness (QED) is 0.306. The number of carbonyl (C=O) groups excluding carboxylic acids is 2. The lowest BCUT2D eigenvalue weighted by Gasteiger charge is -2.22. The number of ketones is 1. The van der Waals surface area contributed by atoms with Crippen LogP contribution >= 0.6 is 0 Å². The normalized spacial score (nSPS) is 12.2. The van der Waals surface area contributed by atoms with Crippen molar-refractivity contribution in [1.82, 2.24) is 10.6 Å². The van der Waals surface area contributed by atoms with Crippen molar-refractivity contribution in [3.8, 4) is 6.07 Å². The van der Waals surface area contributed by atoms with Crippen LogP contribution in [0.2, 0.25) is 0 Å². The van der Waals surface area contributed by atoms with Gasteiger partial charge in [0.2, 0.25) is 0 Å². The van der Waals surface area contributed by atoms with E-state index in [2.05, 4.69) is 34.9 Å². The van der Waals surface area contributed by atoms with Crippen LogP contribution in [0.25, 0.3) is 16.5 Å². The molecule has 170 valence electrons. The molecule has 0 radical (unpaired) electrons. The second-order valence-corrected chi connectivity index (χ2v) is 8.42. The van der Waals surface area contributed by atoms with Crippen molar-refractivity contribution in [2.45, 2.75) is 6.42 Å². The third-order valence-corrected chi connectivity index (χ3v) is 6.22. The predicted molar refractivity (Wildman–Crippen MR) is 137 cm³/mol. The van der Waals surface area contributed by atoms with Gasteiger partial charge >= 0.3 is 0 Å². The fourth-order valence-corrected chi connectivity index (χ4v) is 4.51. The van der Waals surface area contributed by atoms with Crippen LogP contribution in [0.5, 0.6) is 0 Å². The molecule has 35 heavy (non-hydrogen) atoms. The van der Waals surface area contributed by atoms with Crippen molar-refractivity contribution in [3.05, 3.63) is 124 Å². The zero-order valence-electron chi connectivity index (χ0n) is 19.0. The Bertz CT molecular complexity index is 1490. The number of nitrogens with one attached hydrogen (secondary N) is 2. The number of nitrogens with zero attached hydrogens (tertiary/aromatic N) is 1. The molecular weight excluding hydrogens is 434 g/mol. The summed E-state index contributed by atoms with van der Waals surface area (Å²) in [5, 5.41) is 18.3. The molecule has 0 fully saturated rings. The second-order valence-electron chi connectivity index (χ2n) is 8.42. The van der Waals surface area contributed by atoms with Gasteiger partial charge < -0.3 is 10.6 Å². The van der Waals surface area contributed by atoms with Crippen molar-refractivity contribution in [2.75, 3.05) is 13.1 Å². The fourth-order valence-electron chi connectivity index (χ4n) is 4.51. The number of allylic oxidation sites excluding steroid dienone is 1. The van der Waals surface area contributed by atoms with E-state index in [0.29, 0.717) is 41.8 Å². The van der Waals surface area contributed by atoms with Crippen molar-refractivity contribution < 1.29 is 9.59 Å². The molecule has 0 unspecified atom stereocenters. The van der Waals surface area contributed by atoms with Gasteiger partial charge in [-0.3, -0.25) is 9.59 Å². The molecule has 5 rings (SSSR count). The maximum Gasteiger partial charge on any atom is 0.251 e. The fraction of sp³-hybridized carbons (Fsp3) is 0.100. The van der Waals surface area contributed by atoms with Gasteiger partial charge in [0.25, 0.3) is 5.91 Å². The number of carbonyl (C=O) groups is 2. The van der Waals surface area contributed by atoms with Gasteiger partial charge in [0.1, 0.15) is 0 Å². The molecular formula is C30H23N3O2. The summed E-state index contributed by atoms with van der Waals surface area (Å²) in [6.07, 6.45) is 0.591. The first-order valence-electron chi connectivity index (χ1n) is 11.5. The van der Waals surface area contributed by atoms with Crippen LogP contribution in [0, 0.1) is 11.3 Å². The lowest BCUT2D eigenvalue weighted by Crippen LogP contribution is -2.32. The van der Waals surface area contributed by atoms with Gasteiger partial charge in [0, 0.05) is 41.8 Å². The smallest absolute Gasteiger partial charge is 0.251 e. The number of nitriles is 1. The van der Waals surface area contributed by atoms with Gasteiger partial charge in [-0.1, -0.05) is 78.9 Å². The molecule has 4 aromatic carbocycles. The van der Waals surface area contributed by atoms with Crippen molar-refractivity contribution in [3.63, 3.8) is 0 Å². The Balaban J connectivity index is 1.21. The number of hydrogen-bond acceptors (Lipinski definition) is 4. The Labute approximate surface area is 203 Å². The van der Waals surface area contributed by atoms with Gasteiger partial charge in [-0.25, -0.2) is 0 Å². The van der Waals surface area contributed by atoms with Crippen LogP contribution in [0.1, 0.15) is 37.4 Å². The Morgan fingerprint density at radius 2 is 1.46 bits per heavy atom. The molecule has 0 bridgehead atoms. The van der Waals surface area contributed by atoms with E-state index >= 15 is 0 Å². The summed E-state index contributed by atoms with van der Waals surface area (Å²) in [5.74, 6) is -0.288. The zero-order valence-corrected chi connectivity index (χ0v) is 19.0. The van der Waals surface area contributed by atoms with Crippen molar-refractivity contribution in [2.24, 2.45) is 0 Å². The molecule has 0 saturated heterocycles. The molecule has 0 aliphatic heterocycles. The Morgan fingerprint density at radius 3 is 2.20 bits per heavy atom. The molecule has 0 heterocycles. The maximum atomic E-state index is 12.6. The number of rotatable bonds is 7.